The maximum atomic E-state index is 12.3. The van der Waals surface area contributed by atoms with Gasteiger partial charge in [0, 0.05) is 18.7 Å². The molecule has 0 atom stereocenters. The molecule has 0 radical (unpaired) electrons. The Morgan fingerprint density at radius 2 is 2.00 bits per heavy atom. The molecule has 0 spiro atoms. The molecule has 2 N–H and O–H groups in total. The van der Waals surface area contributed by atoms with Crippen molar-refractivity contribution in [1.29, 1.82) is 5.26 Å². The molecule has 1 fully saturated rings. The summed E-state index contributed by atoms with van der Waals surface area (Å²) in [6.07, 6.45) is 4.78. The van der Waals surface area contributed by atoms with Crippen LogP contribution in [0.25, 0.3) is 11.3 Å². The molecule has 1 aliphatic rings. The minimum absolute atomic E-state index is 0.215. The molecule has 1 saturated heterocycles. The first-order valence-corrected chi connectivity index (χ1v) is 10.3. The van der Waals surface area contributed by atoms with Crippen LogP contribution in [0, 0.1) is 11.3 Å². The van der Waals surface area contributed by atoms with E-state index in [9.17, 15) is 4.79 Å². The molecule has 0 saturated carbocycles. The quantitative estimate of drug-likeness (QED) is 0.609. The molecular formula is C22H20ClN7O2. The van der Waals surface area contributed by atoms with Gasteiger partial charge in [-0.3, -0.25) is 15.3 Å². The van der Waals surface area contributed by atoms with Gasteiger partial charge in [0.05, 0.1) is 72.1 Å². The van der Waals surface area contributed by atoms with Gasteiger partial charge in [0.1, 0.15) is 0 Å². The third-order valence-corrected chi connectivity index (χ3v) is 5.12. The van der Waals surface area contributed by atoms with E-state index in [0.717, 1.165) is 24.3 Å². The number of urea groups is 1. The Morgan fingerprint density at radius 3 is 2.72 bits per heavy atom. The number of hydrogen-bond donors (Lipinski definition) is 2. The normalized spacial score (nSPS) is 13.3. The van der Waals surface area contributed by atoms with Crippen LogP contribution in [0.1, 0.15) is 5.69 Å². The number of pyridine rings is 1. The molecule has 3 heterocycles. The molecular weight excluding hydrogens is 430 g/mol. The molecule has 32 heavy (non-hydrogen) atoms. The molecule has 3 aromatic rings. The number of carbonyl (C=O) groups excluding carboxylic acids is 1. The topological polar surface area (TPSA) is 116 Å². The van der Waals surface area contributed by atoms with Gasteiger partial charge in [0.15, 0.2) is 5.82 Å². The van der Waals surface area contributed by atoms with E-state index in [1.807, 2.05) is 24.3 Å². The smallest absolute Gasteiger partial charge is 0.324 e. The Morgan fingerprint density at radius 1 is 1.16 bits per heavy atom. The lowest BCUT2D eigenvalue weighted by molar-refractivity contribution is 0.122. The number of ether oxygens (including phenoxy) is 1. The van der Waals surface area contributed by atoms with Crippen molar-refractivity contribution < 1.29 is 9.53 Å². The van der Waals surface area contributed by atoms with E-state index >= 15 is 0 Å². The van der Waals surface area contributed by atoms with Gasteiger partial charge in [-0.15, -0.1) is 0 Å². The van der Waals surface area contributed by atoms with E-state index in [4.69, 9.17) is 21.6 Å². The zero-order chi connectivity index (χ0) is 22.3. The summed E-state index contributed by atoms with van der Waals surface area (Å²) in [7, 11) is 0. The number of hydrogen-bond acceptors (Lipinski definition) is 7. The average molecular weight is 450 g/mol. The van der Waals surface area contributed by atoms with Gasteiger partial charge in [-0.1, -0.05) is 17.7 Å². The van der Waals surface area contributed by atoms with Crippen LogP contribution in [-0.4, -0.2) is 47.3 Å². The average Bonchev–Trinajstić information content (AvgIpc) is 2.81. The molecule has 0 unspecified atom stereocenters. The summed E-state index contributed by atoms with van der Waals surface area (Å²) in [5.74, 6) is 0.294. The van der Waals surface area contributed by atoms with Gasteiger partial charge in [0.25, 0.3) is 0 Å². The lowest BCUT2D eigenvalue weighted by Crippen LogP contribution is -2.36. The number of morpholine rings is 1. The molecule has 162 valence electrons. The van der Waals surface area contributed by atoms with Gasteiger partial charge >= 0.3 is 6.03 Å². The number of anilines is 3. The summed E-state index contributed by atoms with van der Waals surface area (Å²) in [5, 5.41) is 14.6. The first-order valence-electron chi connectivity index (χ1n) is 9.97. The summed E-state index contributed by atoms with van der Waals surface area (Å²) in [5.41, 5.74) is 3.46. The van der Waals surface area contributed by atoms with Crippen LogP contribution in [0.15, 0.2) is 48.9 Å². The summed E-state index contributed by atoms with van der Waals surface area (Å²) >= 11 is 6.52. The summed E-state index contributed by atoms with van der Waals surface area (Å²) < 4.78 is 5.39. The molecule has 9 nitrogen and oxygen atoms in total. The summed E-state index contributed by atoms with van der Waals surface area (Å²) in [6.45, 7) is 2.95. The third-order valence-electron chi connectivity index (χ3n) is 4.81. The minimum Gasteiger partial charge on any atom is -0.378 e. The Labute approximate surface area is 190 Å². The predicted octanol–water partition coefficient (Wildman–Crippen LogP) is 3.74. The van der Waals surface area contributed by atoms with Gasteiger partial charge in [-0.2, -0.15) is 5.26 Å². The maximum absolute atomic E-state index is 12.3. The zero-order valence-electron chi connectivity index (χ0n) is 17.1. The van der Waals surface area contributed by atoms with Crippen LogP contribution in [0.4, 0.5) is 22.0 Å². The van der Waals surface area contributed by atoms with E-state index in [0.29, 0.717) is 41.1 Å². The van der Waals surface area contributed by atoms with Crippen molar-refractivity contribution in [2.75, 3.05) is 41.8 Å². The van der Waals surface area contributed by atoms with E-state index in [2.05, 4.69) is 30.5 Å². The molecule has 1 aliphatic heterocycles. The second kappa shape index (κ2) is 10.0. The highest BCUT2D eigenvalue weighted by atomic mass is 35.5. The van der Waals surface area contributed by atoms with E-state index in [-0.39, 0.29) is 6.42 Å². The lowest BCUT2D eigenvalue weighted by Gasteiger charge is -2.29. The van der Waals surface area contributed by atoms with E-state index in [1.165, 1.54) is 12.4 Å². The fourth-order valence-corrected chi connectivity index (χ4v) is 3.55. The van der Waals surface area contributed by atoms with Crippen molar-refractivity contribution in [2.45, 2.75) is 6.42 Å². The number of halogens is 1. The largest absolute Gasteiger partial charge is 0.378 e. The van der Waals surface area contributed by atoms with E-state index in [1.54, 1.807) is 18.3 Å². The molecule has 2 aromatic heterocycles. The first-order chi connectivity index (χ1) is 15.6. The Balaban J connectivity index is 1.43. The number of nitriles is 1. The molecule has 10 heteroatoms. The van der Waals surface area contributed by atoms with Gasteiger partial charge in [-0.25, -0.2) is 9.78 Å². The van der Waals surface area contributed by atoms with Crippen molar-refractivity contribution in [2.24, 2.45) is 0 Å². The fraction of sp³-hybridized carbons (Fsp3) is 0.227. The predicted molar refractivity (Wildman–Crippen MR) is 122 cm³/mol. The second-order valence-corrected chi connectivity index (χ2v) is 7.41. The molecule has 0 bridgehead atoms. The van der Waals surface area contributed by atoms with Gasteiger partial charge in [-0.05, 0) is 24.3 Å². The zero-order valence-corrected chi connectivity index (χ0v) is 17.8. The number of carbonyl (C=O) groups is 1. The third kappa shape index (κ3) is 5.29. The highest BCUT2D eigenvalue weighted by Crippen LogP contribution is 2.31. The molecule has 1 aromatic carbocycles. The molecule has 0 aliphatic carbocycles. The SMILES string of the molecule is N#CCc1ccc(NC(=O)Nc2cncc(-c3ccc(N4CCOCC4)c(Cl)c3)n2)cn1. The monoisotopic (exact) mass is 449 g/mol. The minimum atomic E-state index is -0.480. The number of benzene rings is 1. The molecule has 4 rings (SSSR count). The van der Waals surface area contributed by atoms with Crippen LogP contribution in [0.3, 0.4) is 0 Å². The standard InChI is InChI=1S/C22H20ClN7O2/c23-18-11-15(1-4-20(18)30-7-9-32-10-8-30)19-13-25-14-21(28-19)29-22(31)27-17-3-2-16(5-6-24)26-12-17/h1-4,11-14H,5,7-10H2,(H2,27,28,29,31). The first kappa shape index (κ1) is 21.5. The summed E-state index contributed by atoms with van der Waals surface area (Å²) in [4.78, 5) is 27.3. The van der Waals surface area contributed by atoms with Crippen LogP contribution < -0.4 is 15.5 Å². The maximum Gasteiger partial charge on any atom is 0.324 e. The molecule has 2 amide bonds. The van der Waals surface area contributed by atoms with Crippen molar-refractivity contribution in [1.82, 2.24) is 15.0 Å². The van der Waals surface area contributed by atoms with Crippen LogP contribution in [0.2, 0.25) is 5.02 Å². The number of rotatable bonds is 5. The lowest BCUT2D eigenvalue weighted by atomic mass is 10.1. The Bertz CT molecular complexity index is 1140. The number of nitrogens with zero attached hydrogens (tertiary/aromatic N) is 5. The number of nitrogens with one attached hydrogen (secondary N) is 2. The van der Waals surface area contributed by atoms with Crippen molar-refractivity contribution >= 4 is 34.8 Å². The van der Waals surface area contributed by atoms with E-state index < -0.39 is 6.03 Å². The Hall–Kier alpha value is -3.74. The number of amides is 2. The summed E-state index contributed by atoms with van der Waals surface area (Å²) in [6, 6.07) is 10.6. The highest BCUT2D eigenvalue weighted by molar-refractivity contribution is 6.33. The van der Waals surface area contributed by atoms with Gasteiger partial charge < -0.3 is 15.0 Å². The van der Waals surface area contributed by atoms with Crippen molar-refractivity contribution in [3.05, 3.63) is 59.6 Å². The second-order valence-electron chi connectivity index (χ2n) is 7.01. The van der Waals surface area contributed by atoms with Crippen molar-refractivity contribution in [3.63, 3.8) is 0 Å². The van der Waals surface area contributed by atoms with Crippen molar-refractivity contribution in [3.8, 4) is 17.3 Å². The Kier molecular flexibility index (Phi) is 6.75. The van der Waals surface area contributed by atoms with Crippen LogP contribution in [-0.2, 0) is 11.2 Å². The fourth-order valence-electron chi connectivity index (χ4n) is 3.25. The highest BCUT2D eigenvalue weighted by Gasteiger charge is 2.15. The van der Waals surface area contributed by atoms with Crippen LogP contribution >= 0.6 is 11.6 Å². The van der Waals surface area contributed by atoms with Gasteiger partial charge in [0.2, 0.25) is 0 Å². The number of aromatic nitrogens is 3. The van der Waals surface area contributed by atoms with Crippen LogP contribution in [0.5, 0.6) is 0 Å².